The molecule has 2 aromatic heterocycles. The first-order chi connectivity index (χ1) is 14.7. The average molecular weight is 419 g/mol. The van der Waals surface area contributed by atoms with Crippen molar-refractivity contribution >= 4 is 17.3 Å². The number of alkyl halides is 2. The van der Waals surface area contributed by atoms with Crippen molar-refractivity contribution in [3.05, 3.63) is 41.7 Å². The summed E-state index contributed by atoms with van der Waals surface area (Å²) in [6.07, 6.45) is 0.834. The molecule has 0 atom stereocenters. The van der Waals surface area contributed by atoms with Crippen molar-refractivity contribution in [2.75, 3.05) is 49.5 Å². The SMILES string of the molecule is CC.FC(F)c1ccc(Nc2cc(N3CCNCC3)cc(C3CCNCC3)n2)nc1. The van der Waals surface area contributed by atoms with Gasteiger partial charge in [0.1, 0.15) is 11.6 Å². The maximum atomic E-state index is 12.8. The second-order valence-corrected chi connectivity index (χ2v) is 7.30. The van der Waals surface area contributed by atoms with Gasteiger partial charge in [0.15, 0.2) is 0 Å². The molecule has 2 aliphatic rings. The Kier molecular flexibility index (Phi) is 8.33. The molecular formula is C22H32F2N6. The summed E-state index contributed by atoms with van der Waals surface area (Å²) in [5.74, 6) is 1.66. The lowest BCUT2D eigenvalue weighted by atomic mass is 9.93. The fourth-order valence-electron chi connectivity index (χ4n) is 3.77. The predicted octanol–water partition coefficient (Wildman–Crippen LogP) is 4.06. The third-order valence-electron chi connectivity index (χ3n) is 5.36. The summed E-state index contributed by atoms with van der Waals surface area (Å²) in [4.78, 5) is 11.3. The second-order valence-electron chi connectivity index (χ2n) is 7.30. The molecule has 2 fully saturated rings. The number of pyridine rings is 2. The van der Waals surface area contributed by atoms with Crippen LogP contribution in [0, 0.1) is 0 Å². The molecule has 164 valence electrons. The Morgan fingerprint density at radius 2 is 1.70 bits per heavy atom. The van der Waals surface area contributed by atoms with E-state index in [-0.39, 0.29) is 5.56 Å². The third-order valence-corrected chi connectivity index (χ3v) is 5.36. The van der Waals surface area contributed by atoms with Crippen molar-refractivity contribution in [1.29, 1.82) is 0 Å². The fourth-order valence-corrected chi connectivity index (χ4v) is 3.77. The van der Waals surface area contributed by atoms with E-state index in [0.29, 0.717) is 17.6 Å². The summed E-state index contributed by atoms with van der Waals surface area (Å²) in [6.45, 7) is 9.84. The van der Waals surface area contributed by atoms with Gasteiger partial charge in [0, 0.05) is 61.3 Å². The average Bonchev–Trinajstić information content (AvgIpc) is 2.82. The van der Waals surface area contributed by atoms with E-state index in [1.165, 1.54) is 12.3 Å². The van der Waals surface area contributed by atoms with Crippen molar-refractivity contribution in [1.82, 2.24) is 20.6 Å². The number of piperidine rings is 1. The lowest BCUT2D eigenvalue weighted by Crippen LogP contribution is -2.43. The highest BCUT2D eigenvalue weighted by Gasteiger charge is 2.20. The lowest BCUT2D eigenvalue weighted by molar-refractivity contribution is 0.151. The van der Waals surface area contributed by atoms with Gasteiger partial charge in [-0.2, -0.15) is 0 Å². The number of hydrogen-bond acceptors (Lipinski definition) is 6. The Bertz CT molecular complexity index is 735. The molecule has 0 aromatic carbocycles. The van der Waals surface area contributed by atoms with Gasteiger partial charge in [0.05, 0.1) is 0 Å². The van der Waals surface area contributed by atoms with Crippen LogP contribution in [-0.4, -0.2) is 49.2 Å². The van der Waals surface area contributed by atoms with Crippen LogP contribution in [0.4, 0.5) is 26.1 Å². The standard InChI is InChI=1S/C20H26F2N6.C2H6/c21-20(22)15-1-2-18(25-13-15)27-19-12-16(28-9-7-24-8-10-28)11-17(26-19)14-3-5-23-6-4-14;1-2/h1-2,11-14,20,23-24H,3-10H2,(H,25,26,27);1-2H3. The molecule has 2 saturated heterocycles. The van der Waals surface area contributed by atoms with Gasteiger partial charge >= 0.3 is 0 Å². The largest absolute Gasteiger partial charge is 0.369 e. The van der Waals surface area contributed by atoms with E-state index in [1.54, 1.807) is 6.07 Å². The van der Waals surface area contributed by atoms with Crippen LogP contribution in [0.3, 0.4) is 0 Å². The van der Waals surface area contributed by atoms with Crippen molar-refractivity contribution in [2.45, 2.75) is 39.0 Å². The first-order valence-corrected chi connectivity index (χ1v) is 10.9. The normalized spacial score (nSPS) is 17.4. The molecule has 30 heavy (non-hydrogen) atoms. The molecule has 0 spiro atoms. The molecule has 0 saturated carbocycles. The zero-order chi connectivity index (χ0) is 21.3. The molecule has 3 N–H and O–H groups in total. The molecule has 2 aromatic rings. The van der Waals surface area contributed by atoms with Crippen molar-refractivity contribution in [3.63, 3.8) is 0 Å². The van der Waals surface area contributed by atoms with Gasteiger partial charge < -0.3 is 20.9 Å². The Labute approximate surface area is 177 Å². The molecule has 4 heterocycles. The number of halogens is 2. The maximum Gasteiger partial charge on any atom is 0.265 e. The summed E-state index contributed by atoms with van der Waals surface area (Å²) in [5, 5.41) is 9.98. The molecule has 0 amide bonds. The molecule has 0 bridgehead atoms. The highest BCUT2D eigenvalue weighted by atomic mass is 19.3. The highest BCUT2D eigenvalue weighted by Crippen LogP contribution is 2.30. The number of piperazine rings is 1. The third kappa shape index (κ3) is 5.86. The van der Waals surface area contributed by atoms with Gasteiger partial charge in [-0.1, -0.05) is 13.8 Å². The van der Waals surface area contributed by atoms with Gasteiger partial charge in [0.2, 0.25) is 0 Å². The molecule has 2 aliphatic heterocycles. The molecule has 8 heteroatoms. The second kappa shape index (κ2) is 11.2. The number of hydrogen-bond donors (Lipinski definition) is 3. The van der Waals surface area contributed by atoms with E-state index < -0.39 is 6.43 Å². The van der Waals surface area contributed by atoms with Crippen LogP contribution < -0.4 is 20.9 Å². The van der Waals surface area contributed by atoms with Gasteiger partial charge in [-0.15, -0.1) is 0 Å². The first-order valence-electron chi connectivity index (χ1n) is 10.9. The number of nitrogens with one attached hydrogen (secondary N) is 3. The van der Waals surface area contributed by atoms with Crippen LogP contribution in [0.1, 0.15) is 50.3 Å². The predicted molar refractivity (Wildman–Crippen MR) is 118 cm³/mol. The van der Waals surface area contributed by atoms with E-state index in [0.717, 1.165) is 63.5 Å². The number of aromatic nitrogens is 2. The minimum absolute atomic E-state index is 0.0801. The zero-order valence-electron chi connectivity index (χ0n) is 17.8. The van der Waals surface area contributed by atoms with Crippen LogP contribution in [0.2, 0.25) is 0 Å². The van der Waals surface area contributed by atoms with Crippen molar-refractivity contribution in [2.24, 2.45) is 0 Å². The van der Waals surface area contributed by atoms with Crippen molar-refractivity contribution < 1.29 is 8.78 Å². The van der Waals surface area contributed by atoms with Crippen LogP contribution >= 0.6 is 0 Å². The molecule has 0 aliphatic carbocycles. The van der Waals surface area contributed by atoms with Crippen LogP contribution in [0.25, 0.3) is 0 Å². The van der Waals surface area contributed by atoms with E-state index in [4.69, 9.17) is 4.98 Å². The van der Waals surface area contributed by atoms with Gasteiger partial charge in [0.25, 0.3) is 6.43 Å². The maximum absolute atomic E-state index is 12.8. The monoisotopic (exact) mass is 418 g/mol. The number of nitrogens with zero attached hydrogens (tertiary/aromatic N) is 3. The Morgan fingerprint density at radius 3 is 2.33 bits per heavy atom. The van der Waals surface area contributed by atoms with Crippen LogP contribution in [-0.2, 0) is 0 Å². The first kappa shape index (κ1) is 22.4. The minimum atomic E-state index is -2.51. The van der Waals surface area contributed by atoms with Crippen molar-refractivity contribution in [3.8, 4) is 0 Å². The zero-order valence-corrected chi connectivity index (χ0v) is 17.8. The van der Waals surface area contributed by atoms with E-state index in [9.17, 15) is 8.78 Å². The van der Waals surface area contributed by atoms with Crippen LogP contribution in [0.15, 0.2) is 30.5 Å². The fraction of sp³-hybridized carbons (Fsp3) is 0.545. The topological polar surface area (TPSA) is 65.1 Å². The molecule has 0 radical (unpaired) electrons. The Hall–Kier alpha value is -2.32. The Morgan fingerprint density at radius 1 is 1.00 bits per heavy atom. The van der Waals surface area contributed by atoms with Gasteiger partial charge in [-0.3, -0.25) is 0 Å². The lowest BCUT2D eigenvalue weighted by Gasteiger charge is -2.31. The summed E-state index contributed by atoms with van der Waals surface area (Å²) < 4.78 is 25.5. The minimum Gasteiger partial charge on any atom is -0.369 e. The van der Waals surface area contributed by atoms with E-state index in [1.807, 2.05) is 19.9 Å². The number of rotatable bonds is 5. The molecule has 6 nitrogen and oxygen atoms in total. The molecular weight excluding hydrogens is 386 g/mol. The molecule has 0 unspecified atom stereocenters. The number of anilines is 3. The van der Waals surface area contributed by atoms with Crippen LogP contribution in [0.5, 0.6) is 0 Å². The van der Waals surface area contributed by atoms with Gasteiger partial charge in [-0.25, -0.2) is 18.7 Å². The van der Waals surface area contributed by atoms with Gasteiger partial charge in [-0.05, 0) is 44.1 Å². The highest BCUT2D eigenvalue weighted by molar-refractivity contribution is 5.61. The summed E-state index contributed by atoms with van der Waals surface area (Å²) in [7, 11) is 0. The van der Waals surface area contributed by atoms with E-state index >= 15 is 0 Å². The summed E-state index contributed by atoms with van der Waals surface area (Å²) >= 11 is 0. The van der Waals surface area contributed by atoms with E-state index in [2.05, 4.69) is 31.9 Å². The Balaban J connectivity index is 0.00000124. The summed E-state index contributed by atoms with van der Waals surface area (Å²) in [6, 6.07) is 7.21. The molecule has 4 rings (SSSR count). The smallest absolute Gasteiger partial charge is 0.265 e. The quantitative estimate of drug-likeness (QED) is 0.681. The summed E-state index contributed by atoms with van der Waals surface area (Å²) in [5.41, 5.74) is 2.16.